The summed E-state index contributed by atoms with van der Waals surface area (Å²) in [6.45, 7) is 8.43. The number of aryl methyl sites for hydroxylation is 1. The molecule has 1 N–H and O–H groups in total. The molecule has 0 aliphatic rings. The van der Waals surface area contributed by atoms with Crippen LogP contribution in [0.2, 0.25) is 0 Å². The quantitative estimate of drug-likeness (QED) is 0.357. The number of pyridine rings is 1. The predicted octanol–water partition coefficient (Wildman–Crippen LogP) is 7.00. The Hall–Kier alpha value is -2.87. The molecule has 4 aromatic rings. The molecule has 3 aromatic heterocycles. The average Bonchev–Trinajstić information content (AvgIpc) is 3.24. The number of nitrogens with one attached hydrogen (secondary N) is 1. The summed E-state index contributed by atoms with van der Waals surface area (Å²) in [4.78, 5) is 16.3. The fraction of sp³-hybridized carbons (Fsp3) is 0.333. The zero-order valence-electron chi connectivity index (χ0n) is 18.3. The van der Waals surface area contributed by atoms with Crippen molar-refractivity contribution < 1.29 is 18.0 Å². The second-order valence-electron chi connectivity index (χ2n) is 9.27. The van der Waals surface area contributed by atoms with E-state index in [9.17, 15) is 18.0 Å². The van der Waals surface area contributed by atoms with Gasteiger partial charge in [0.2, 0.25) is 5.91 Å². The standard InChI is InChI=1S/C24H24F3N3OS/c1-14-9-18-17(28-22(14)29-21(31)12-23(2,3)4)7-8-30(18)13-15-5-6-16-11-20(24(25,26)27)32-19(16)10-15/h5-11H,12-13H2,1-4H3,(H,28,29,31). The lowest BCUT2D eigenvalue weighted by molar-refractivity contribution is -0.134. The van der Waals surface area contributed by atoms with Gasteiger partial charge in [0, 0.05) is 23.9 Å². The highest BCUT2D eigenvalue weighted by Crippen LogP contribution is 2.38. The van der Waals surface area contributed by atoms with Gasteiger partial charge in [-0.05, 0) is 53.1 Å². The fourth-order valence-corrected chi connectivity index (χ4v) is 4.63. The number of nitrogens with zero attached hydrogens (tertiary/aromatic N) is 2. The van der Waals surface area contributed by atoms with Crippen molar-refractivity contribution in [2.75, 3.05) is 5.32 Å². The summed E-state index contributed by atoms with van der Waals surface area (Å²) in [5.74, 6) is 0.471. The Morgan fingerprint density at radius 3 is 2.56 bits per heavy atom. The normalized spacial score (nSPS) is 12.6. The van der Waals surface area contributed by atoms with Crippen molar-refractivity contribution in [3.63, 3.8) is 0 Å². The van der Waals surface area contributed by atoms with Crippen LogP contribution in [0.5, 0.6) is 0 Å². The molecule has 1 aromatic carbocycles. The van der Waals surface area contributed by atoms with Crippen molar-refractivity contribution in [3.8, 4) is 0 Å². The Bertz CT molecular complexity index is 1310. The lowest BCUT2D eigenvalue weighted by Crippen LogP contribution is -2.20. The molecule has 0 fully saturated rings. The number of benzene rings is 1. The van der Waals surface area contributed by atoms with Gasteiger partial charge in [-0.1, -0.05) is 32.9 Å². The van der Waals surface area contributed by atoms with Crippen LogP contribution in [0.4, 0.5) is 19.0 Å². The monoisotopic (exact) mass is 459 g/mol. The molecular formula is C24H24F3N3OS. The minimum atomic E-state index is -4.33. The molecule has 0 radical (unpaired) electrons. The smallest absolute Gasteiger partial charge is 0.342 e. The van der Waals surface area contributed by atoms with Crippen molar-refractivity contribution in [2.45, 2.75) is 46.8 Å². The van der Waals surface area contributed by atoms with Crippen LogP contribution in [-0.2, 0) is 17.5 Å². The Labute approximate surface area is 188 Å². The van der Waals surface area contributed by atoms with Gasteiger partial charge in [0.1, 0.15) is 10.7 Å². The maximum Gasteiger partial charge on any atom is 0.425 e. The first-order valence-electron chi connectivity index (χ1n) is 10.2. The maximum atomic E-state index is 13.0. The van der Waals surface area contributed by atoms with Crippen LogP contribution in [0, 0.1) is 12.3 Å². The molecule has 0 aliphatic heterocycles. The number of thiophene rings is 1. The van der Waals surface area contributed by atoms with E-state index in [1.165, 1.54) is 6.07 Å². The van der Waals surface area contributed by atoms with Gasteiger partial charge in [0.15, 0.2) is 0 Å². The van der Waals surface area contributed by atoms with Crippen LogP contribution in [0.3, 0.4) is 0 Å². The number of fused-ring (bicyclic) bond motifs is 2. The third-order valence-corrected chi connectivity index (χ3v) is 6.25. The lowest BCUT2D eigenvalue weighted by Gasteiger charge is -2.17. The van der Waals surface area contributed by atoms with Gasteiger partial charge in [-0.3, -0.25) is 4.79 Å². The van der Waals surface area contributed by atoms with Gasteiger partial charge in [-0.2, -0.15) is 13.2 Å². The first-order chi connectivity index (χ1) is 14.9. The summed E-state index contributed by atoms with van der Waals surface area (Å²) in [5, 5.41) is 3.50. The lowest BCUT2D eigenvalue weighted by atomic mass is 9.92. The number of aromatic nitrogens is 2. The fourth-order valence-electron chi connectivity index (χ4n) is 3.64. The van der Waals surface area contributed by atoms with Crippen LogP contribution in [-0.4, -0.2) is 15.5 Å². The van der Waals surface area contributed by atoms with Gasteiger partial charge in [0.25, 0.3) is 0 Å². The second kappa shape index (κ2) is 7.92. The summed E-state index contributed by atoms with van der Waals surface area (Å²) in [6.07, 6.45) is -2.03. The van der Waals surface area contributed by atoms with E-state index in [1.807, 2.05) is 62.7 Å². The molecule has 4 nitrogen and oxygen atoms in total. The van der Waals surface area contributed by atoms with Crippen LogP contribution in [0.25, 0.3) is 21.1 Å². The first-order valence-corrected chi connectivity index (χ1v) is 11.1. The third-order valence-electron chi connectivity index (χ3n) is 5.11. The Kier molecular flexibility index (Phi) is 5.53. The van der Waals surface area contributed by atoms with Crippen molar-refractivity contribution in [3.05, 3.63) is 58.6 Å². The average molecular weight is 460 g/mol. The number of carbonyl (C=O) groups is 1. The highest BCUT2D eigenvalue weighted by Gasteiger charge is 2.32. The maximum absolute atomic E-state index is 13.0. The Morgan fingerprint density at radius 2 is 1.88 bits per heavy atom. The molecule has 0 aliphatic carbocycles. The van der Waals surface area contributed by atoms with Gasteiger partial charge in [0.05, 0.1) is 11.0 Å². The van der Waals surface area contributed by atoms with Crippen molar-refractivity contribution in [1.29, 1.82) is 0 Å². The molecule has 1 amide bonds. The number of carbonyl (C=O) groups excluding carboxylic acids is 1. The number of halogens is 3. The molecule has 4 rings (SSSR count). The minimum absolute atomic E-state index is 0.0747. The molecule has 0 bridgehead atoms. The molecule has 3 heterocycles. The molecule has 0 saturated heterocycles. The predicted molar refractivity (Wildman–Crippen MR) is 123 cm³/mol. The van der Waals surface area contributed by atoms with Crippen LogP contribution < -0.4 is 5.32 Å². The van der Waals surface area contributed by atoms with E-state index in [-0.39, 0.29) is 11.3 Å². The van der Waals surface area contributed by atoms with Crippen LogP contribution >= 0.6 is 11.3 Å². The number of alkyl halides is 3. The molecule has 32 heavy (non-hydrogen) atoms. The highest BCUT2D eigenvalue weighted by atomic mass is 32.1. The van der Waals surface area contributed by atoms with E-state index in [0.29, 0.717) is 28.9 Å². The van der Waals surface area contributed by atoms with Crippen LogP contribution in [0.1, 0.15) is 43.2 Å². The molecule has 8 heteroatoms. The van der Waals surface area contributed by atoms with Gasteiger partial charge < -0.3 is 9.88 Å². The van der Waals surface area contributed by atoms with Crippen molar-refractivity contribution >= 4 is 44.2 Å². The van der Waals surface area contributed by atoms with Crippen molar-refractivity contribution in [2.24, 2.45) is 5.41 Å². The molecular weight excluding hydrogens is 435 g/mol. The summed E-state index contributed by atoms with van der Waals surface area (Å²) in [7, 11) is 0. The first kappa shape index (κ1) is 22.3. The number of rotatable bonds is 4. The number of hydrogen-bond acceptors (Lipinski definition) is 3. The zero-order valence-corrected chi connectivity index (χ0v) is 19.1. The Morgan fingerprint density at radius 1 is 1.12 bits per heavy atom. The summed E-state index contributed by atoms with van der Waals surface area (Å²) >= 11 is 0.762. The molecule has 168 valence electrons. The van der Waals surface area contributed by atoms with E-state index in [2.05, 4.69) is 10.3 Å². The topological polar surface area (TPSA) is 46.9 Å². The van der Waals surface area contributed by atoms with E-state index >= 15 is 0 Å². The van der Waals surface area contributed by atoms with Crippen molar-refractivity contribution in [1.82, 2.24) is 9.55 Å². The van der Waals surface area contributed by atoms with E-state index in [1.54, 1.807) is 6.07 Å². The van der Waals surface area contributed by atoms with Gasteiger partial charge in [-0.15, -0.1) is 11.3 Å². The molecule has 0 spiro atoms. The number of hydrogen-bond donors (Lipinski definition) is 1. The number of anilines is 1. The Balaban J connectivity index is 1.59. The highest BCUT2D eigenvalue weighted by molar-refractivity contribution is 7.19. The summed E-state index contributed by atoms with van der Waals surface area (Å²) in [6, 6.07) is 10.4. The molecule has 0 atom stereocenters. The van der Waals surface area contributed by atoms with E-state index in [0.717, 1.165) is 33.5 Å². The van der Waals surface area contributed by atoms with Gasteiger partial charge in [-0.25, -0.2) is 4.98 Å². The summed E-state index contributed by atoms with van der Waals surface area (Å²) in [5.41, 5.74) is 3.29. The third kappa shape index (κ3) is 4.80. The number of amides is 1. The second-order valence-corrected chi connectivity index (χ2v) is 10.4. The minimum Gasteiger partial charge on any atom is -0.342 e. The van der Waals surface area contributed by atoms with E-state index in [4.69, 9.17) is 0 Å². The zero-order chi connectivity index (χ0) is 23.3. The van der Waals surface area contributed by atoms with Crippen LogP contribution in [0.15, 0.2) is 42.6 Å². The molecule has 0 saturated carbocycles. The largest absolute Gasteiger partial charge is 0.425 e. The van der Waals surface area contributed by atoms with E-state index < -0.39 is 11.1 Å². The SMILES string of the molecule is Cc1cc2c(ccn2Cc2ccc3cc(C(F)(F)F)sc3c2)nc1NC(=O)CC(C)(C)C. The molecule has 0 unspecified atom stereocenters. The summed E-state index contributed by atoms with van der Waals surface area (Å²) < 4.78 is 41.7. The van der Waals surface area contributed by atoms with Gasteiger partial charge >= 0.3 is 6.18 Å².